The lowest BCUT2D eigenvalue weighted by atomic mass is 9.77. The van der Waals surface area contributed by atoms with Crippen LogP contribution in [0.4, 0.5) is 17.6 Å². The van der Waals surface area contributed by atoms with Crippen molar-refractivity contribution in [3.05, 3.63) is 69.7 Å². The molecule has 2 aromatic carbocycles. The van der Waals surface area contributed by atoms with Crippen LogP contribution in [0.5, 0.6) is 0 Å². The SMILES string of the molecule is CC1(C)OCCN[C@](C)(c2cc(C#Cc3cccc(Cl)c3)c(F)cc2F)C1(F)F. The van der Waals surface area contributed by atoms with Crippen LogP contribution in [0.3, 0.4) is 0 Å². The first kappa shape index (κ1) is 21.6. The van der Waals surface area contributed by atoms with Gasteiger partial charge in [-0.2, -0.15) is 0 Å². The van der Waals surface area contributed by atoms with Gasteiger partial charge in [0.2, 0.25) is 0 Å². The summed E-state index contributed by atoms with van der Waals surface area (Å²) in [5.41, 5.74) is -4.04. The molecule has 29 heavy (non-hydrogen) atoms. The molecule has 0 radical (unpaired) electrons. The number of ether oxygens (including phenoxy) is 1. The number of hydrogen-bond donors (Lipinski definition) is 1. The van der Waals surface area contributed by atoms with Crippen LogP contribution in [0.1, 0.15) is 37.5 Å². The van der Waals surface area contributed by atoms with Crippen LogP contribution >= 0.6 is 11.6 Å². The Morgan fingerprint density at radius 1 is 1.03 bits per heavy atom. The minimum absolute atomic E-state index is 0.0302. The Kier molecular flexibility index (Phi) is 5.70. The van der Waals surface area contributed by atoms with Gasteiger partial charge in [0, 0.05) is 28.8 Å². The monoisotopic (exact) mass is 425 g/mol. The first-order chi connectivity index (χ1) is 13.5. The summed E-state index contributed by atoms with van der Waals surface area (Å²) in [6.07, 6.45) is 0. The molecular formula is C22H20ClF4NO. The van der Waals surface area contributed by atoms with Crippen molar-refractivity contribution in [1.82, 2.24) is 5.32 Å². The summed E-state index contributed by atoms with van der Waals surface area (Å²) in [5, 5.41) is 3.14. The summed E-state index contributed by atoms with van der Waals surface area (Å²) in [6, 6.07) is 8.21. The second-order valence-corrected chi connectivity index (χ2v) is 7.99. The molecule has 1 N–H and O–H groups in total. The minimum Gasteiger partial charge on any atom is -0.368 e. The summed E-state index contributed by atoms with van der Waals surface area (Å²) in [6.45, 7) is 3.80. The van der Waals surface area contributed by atoms with Crippen molar-refractivity contribution in [2.24, 2.45) is 0 Å². The van der Waals surface area contributed by atoms with E-state index in [-0.39, 0.29) is 24.3 Å². The molecule has 1 atom stereocenters. The molecule has 0 aromatic heterocycles. The van der Waals surface area contributed by atoms with E-state index in [2.05, 4.69) is 17.2 Å². The molecule has 1 fully saturated rings. The number of hydrogen-bond acceptors (Lipinski definition) is 2. The van der Waals surface area contributed by atoms with Gasteiger partial charge in [0.15, 0.2) is 0 Å². The Bertz CT molecular complexity index is 996. The Balaban J connectivity index is 2.12. The zero-order chi connectivity index (χ0) is 21.4. The van der Waals surface area contributed by atoms with Gasteiger partial charge in [-0.25, -0.2) is 17.6 Å². The molecule has 0 spiro atoms. The van der Waals surface area contributed by atoms with Gasteiger partial charge in [-0.1, -0.05) is 29.5 Å². The second-order valence-electron chi connectivity index (χ2n) is 7.56. The number of alkyl halides is 2. The molecule has 1 saturated heterocycles. The highest BCUT2D eigenvalue weighted by Crippen LogP contribution is 2.48. The van der Waals surface area contributed by atoms with Crippen LogP contribution in [0.15, 0.2) is 36.4 Å². The first-order valence-corrected chi connectivity index (χ1v) is 9.40. The molecule has 2 nitrogen and oxygen atoms in total. The van der Waals surface area contributed by atoms with Crippen LogP contribution in [0.25, 0.3) is 0 Å². The summed E-state index contributed by atoms with van der Waals surface area (Å²) >= 11 is 5.90. The fraction of sp³-hybridized carbons (Fsp3) is 0.364. The van der Waals surface area contributed by atoms with E-state index >= 15 is 8.78 Å². The van der Waals surface area contributed by atoms with Crippen molar-refractivity contribution < 1.29 is 22.3 Å². The van der Waals surface area contributed by atoms with Gasteiger partial charge in [-0.15, -0.1) is 0 Å². The van der Waals surface area contributed by atoms with Crippen molar-refractivity contribution in [2.75, 3.05) is 13.2 Å². The topological polar surface area (TPSA) is 21.3 Å². The van der Waals surface area contributed by atoms with Gasteiger partial charge < -0.3 is 10.1 Å². The molecule has 1 heterocycles. The molecule has 2 aromatic rings. The number of halogens is 5. The van der Waals surface area contributed by atoms with Crippen molar-refractivity contribution in [3.8, 4) is 11.8 Å². The Labute approximate surface area is 172 Å². The molecule has 0 unspecified atom stereocenters. The molecule has 3 rings (SSSR count). The van der Waals surface area contributed by atoms with Gasteiger partial charge in [0.1, 0.15) is 22.8 Å². The van der Waals surface area contributed by atoms with Gasteiger partial charge in [-0.3, -0.25) is 0 Å². The van der Waals surface area contributed by atoms with E-state index in [4.69, 9.17) is 16.3 Å². The van der Waals surface area contributed by atoms with Crippen molar-refractivity contribution in [1.29, 1.82) is 0 Å². The third kappa shape index (κ3) is 3.87. The minimum atomic E-state index is -3.51. The van der Waals surface area contributed by atoms with E-state index in [9.17, 15) is 8.78 Å². The van der Waals surface area contributed by atoms with Crippen LogP contribution < -0.4 is 5.32 Å². The van der Waals surface area contributed by atoms with E-state index < -0.39 is 28.7 Å². The average Bonchev–Trinajstić information content (AvgIpc) is 2.71. The van der Waals surface area contributed by atoms with E-state index in [1.54, 1.807) is 24.3 Å². The molecule has 0 saturated carbocycles. The van der Waals surface area contributed by atoms with Crippen molar-refractivity contribution in [3.63, 3.8) is 0 Å². The number of rotatable bonds is 1. The fourth-order valence-electron chi connectivity index (χ4n) is 3.41. The molecule has 0 amide bonds. The van der Waals surface area contributed by atoms with Gasteiger partial charge in [-0.05, 0) is 45.0 Å². The van der Waals surface area contributed by atoms with E-state index in [0.717, 1.165) is 6.07 Å². The normalized spacial score (nSPS) is 23.0. The van der Waals surface area contributed by atoms with Crippen LogP contribution in [-0.2, 0) is 10.3 Å². The van der Waals surface area contributed by atoms with Crippen LogP contribution in [0, 0.1) is 23.5 Å². The van der Waals surface area contributed by atoms with Crippen molar-refractivity contribution >= 4 is 11.6 Å². The Hall–Kier alpha value is -2.07. The van der Waals surface area contributed by atoms with Crippen LogP contribution in [0.2, 0.25) is 5.02 Å². The summed E-state index contributed by atoms with van der Waals surface area (Å²) in [5.74, 6) is -0.207. The number of nitrogens with one attached hydrogen (secondary N) is 1. The lowest BCUT2D eigenvalue weighted by Gasteiger charge is -2.44. The molecule has 1 aliphatic rings. The van der Waals surface area contributed by atoms with Gasteiger partial charge >= 0.3 is 0 Å². The first-order valence-electron chi connectivity index (χ1n) is 9.02. The van der Waals surface area contributed by atoms with Gasteiger partial charge in [0.25, 0.3) is 5.92 Å². The summed E-state index contributed by atoms with van der Waals surface area (Å²) in [7, 11) is 0. The lowest BCUT2D eigenvalue weighted by molar-refractivity contribution is -0.216. The van der Waals surface area contributed by atoms with Crippen LogP contribution in [-0.4, -0.2) is 24.7 Å². The lowest BCUT2D eigenvalue weighted by Crippen LogP contribution is -2.62. The third-order valence-corrected chi connectivity index (χ3v) is 5.42. The molecule has 1 aliphatic heterocycles. The van der Waals surface area contributed by atoms with Gasteiger partial charge in [0.05, 0.1) is 12.2 Å². The highest BCUT2D eigenvalue weighted by Gasteiger charge is 2.63. The zero-order valence-electron chi connectivity index (χ0n) is 16.2. The highest BCUT2D eigenvalue weighted by atomic mass is 35.5. The predicted octanol–water partition coefficient (Wildman–Crippen LogP) is 5.27. The maximum Gasteiger partial charge on any atom is 0.297 e. The molecule has 7 heteroatoms. The largest absolute Gasteiger partial charge is 0.368 e. The summed E-state index contributed by atoms with van der Waals surface area (Å²) < 4.78 is 65.1. The number of benzene rings is 2. The predicted molar refractivity (Wildman–Crippen MR) is 104 cm³/mol. The zero-order valence-corrected chi connectivity index (χ0v) is 16.9. The molecule has 154 valence electrons. The molecule has 0 aliphatic carbocycles. The standard InChI is InChI=1S/C22H20ClF4NO/c1-20(2)22(26,27)21(3,28-9-10-29-20)17-12-15(18(24)13-19(17)25)8-7-14-5-4-6-16(23)11-14/h4-6,11-13,28H,9-10H2,1-3H3/t21-/m1/s1. The third-order valence-electron chi connectivity index (χ3n) is 5.19. The second kappa shape index (κ2) is 7.64. The smallest absolute Gasteiger partial charge is 0.297 e. The highest BCUT2D eigenvalue weighted by molar-refractivity contribution is 6.30. The fourth-order valence-corrected chi connectivity index (χ4v) is 3.60. The maximum absolute atomic E-state index is 15.4. The van der Waals surface area contributed by atoms with E-state index in [1.807, 2.05) is 0 Å². The average molecular weight is 426 g/mol. The molecular weight excluding hydrogens is 406 g/mol. The molecule has 0 bridgehead atoms. The van der Waals surface area contributed by atoms with E-state index in [0.29, 0.717) is 16.7 Å². The Morgan fingerprint density at radius 2 is 1.76 bits per heavy atom. The van der Waals surface area contributed by atoms with E-state index in [1.165, 1.54) is 20.8 Å². The maximum atomic E-state index is 15.4. The Morgan fingerprint density at radius 3 is 2.45 bits per heavy atom. The van der Waals surface area contributed by atoms with Crippen molar-refractivity contribution in [2.45, 2.75) is 37.8 Å². The summed E-state index contributed by atoms with van der Waals surface area (Å²) in [4.78, 5) is 0. The quantitative estimate of drug-likeness (QED) is 0.496.